The predicted octanol–water partition coefficient (Wildman–Crippen LogP) is 3.29. The summed E-state index contributed by atoms with van der Waals surface area (Å²) in [4.78, 5) is 11.9. The fourth-order valence-corrected chi connectivity index (χ4v) is 1.96. The topological polar surface area (TPSA) is 66.8 Å². The van der Waals surface area contributed by atoms with Gasteiger partial charge in [0.05, 0.1) is 6.61 Å². The lowest BCUT2D eigenvalue weighted by Crippen LogP contribution is -2.08. The minimum atomic E-state index is -0.400. The Balaban J connectivity index is 1.91. The number of ether oxygens (including phenoxy) is 1. The molecule has 4 nitrogen and oxygen atoms in total. The third kappa shape index (κ3) is 4.38. The summed E-state index contributed by atoms with van der Waals surface area (Å²) < 4.78 is 5.21. The molecular formula is C18H18O4. The maximum atomic E-state index is 11.9. The summed E-state index contributed by atoms with van der Waals surface area (Å²) in [5.74, 6) is -0.817. The number of rotatable bonds is 5. The summed E-state index contributed by atoms with van der Waals surface area (Å²) in [5, 5.41) is 18.7. The highest BCUT2D eigenvalue weighted by atomic mass is 16.5. The Bertz CT molecular complexity index is 675. The lowest BCUT2D eigenvalue weighted by molar-refractivity contribution is -0.138. The van der Waals surface area contributed by atoms with Crippen LogP contribution < -0.4 is 0 Å². The van der Waals surface area contributed by atoms with Crippen molar-refractivity contribution in [2.24, 2.45) is 0 Å². The maximum absolute atomic E-state index is 11.9. The number of hydrogen-bond donors (Lipinski definition) is 2. The van der Waals surface area contributed by atoms with E-state index in [0.717, 1.165) is 5.56 Å². The fourth-order valence-electron chi connectivity index (χ4n) is 1.96. The molecule has 2 N–H and O–H groups in total. The van der Waals surface area contributed by atoms with E-state index >= 15 is 0 Å². The largest absolute Gasteiger partial charge is 0.504 e. The number of benzene rings is 2. The van der Waals surface area contributed by atoms with E-state index in [-0.39, 0.29) is 11.5 Å². The average molecular weight is 298 g/mol. The van der Waals surface area contributed by atoms with E-state index < -0.39 is 5.97 Å². The summed E-state index contributed by atoms with van der Waals surface area (Å²) in [6.07, 6.45) is 2.27. The molecule has 0 amide bonds. The van der Waals surface area contributed by atoms with Gasteiger partial charge in [0.1, 0.15) is 0 Å². The van der Waals surface area contributed by atoms with Crippen LogP contribution in [0.25, 0.3) is 6.08 Å². The zero-order valence-electron chi connectivity index (χ0n) is 12.3. The Hall–Kier alpha value is -2.75. The van der Waals surface area contributed by atoms with Gasteiger partial charge in [-0.2, -0.15) is 0 Å². The van der Waals surface area contributed by atoms with Gasteiger partial charge >= 0.3 is 5.97 Å². The van der Waals surface area contributed by atoms with Crippen molar-refractivity contribution >= 4 is 12.0 Å². The molecule has 0 aliphatic heterocycles. The molecule has 0 saturated heterocycles. The lowest BCUT2D eigenvalue weighted by atomic mass is 10.1. The number of esters is 1. The Morgan fingerprint density at radius 3 is 2.50 bits per heavy atom. The van der Waals surface area contributed by atoms with E-state index in [1.54, 1.807) is 19.1 Å². The smallest absolute Gasteiger partial charge is 0.333 e. The highest BCUT2D eigenvalue weighted by Gasteiger charge is 2.07. The molecule has 22 heavy (non-hydrogen) atoms. The van der Waals surface area contributed by atoms with Crippen molar-refractivity contribution < 1.29 is 19.7 Å². The summed E-state index contributed by atoms with van der Waals surface area (Å²) in [5.41, 5.74) is 2.16. The standard InChI is InChI=1S/C18H18O4/c1-13(11-15-7-8-16(19)17(20)12-15)18(21)22-10-9-14-5-3-2-4-6-14/h2-8,11-12,19-20H,9-10H2,1H3/b13-11+. The van der Waals surface area contributed by atoms with Crippen molar-refractivity contribution in [2.75, 3.05) is 6.61 Å². The van der Waals surface area contributed by atoms with Crippen LogP contribution in [0.15, 0.2) is 54.1 Å². The van der Waals surface area contributed by atoms with Crippen LogP contribution in [-0.4, -0.2) is 22.8 Å². The first-order valence-electron chi connectivity index (χ1n) is 6.97. The van der Waals surface area contributed by atoms with Crippen molar-refractivity contribution in [3.05, 3.63) is 65.2 Å². The molecule has 0 heterocycles. The zero-order valence-corrected chi connectivity index (χ0v) is 12.3. The second-order valence-electron chi connectivity index (χ2n) is 4.95. The van der Waals surface area contributed by atoms with E-state index in [2.05, 4.69) is 0 Å². The van der Waals surface area contributed by atoms with E-state index in [4.69, 9.17) is 4.74 Å². The Morgan fingerprint density at radius 2 is 1.82 bits per heavy atom. The van der Waals surface area contributed by atoms with Crippen LogP contribution in [0.1, 0.15) is 18.1 Å². The van der Waals surface area contributed by atoms with Gasteiger partial charge in [0.25, 0.3) is 0 Å². The van der Waals surface area contributed by atoms with Crippen molar-refractivity contribution in [1.29, 1.82) is 0 Å². The molecule has 0 bridgehead atoms. The number of carbonyl (C=O) groups is 1. The number of phenols is 2. The summed E-state index contributed by atoms with van der Waals surface area (Å²) in [6, 6.07) is 14.2. The van der Waals surface area contributed by atoms with E-state index in [9.17, 15) is 15.0 Å². The van der Waals surface area contributed by atoms with Crippen molar-refractivity contribution in [3.63, 3.8) is 0 Å². The van der Waals surface area contributed by atoms with Gasteiger partial charge in [0.2, 0.25) is 0 Å². The Labute approximate surface area is 129 Å². The molecule has 0 fully saturated rings. The van der Waals surface area contributed by atoms with Gasteiger partial charge in [-0.15, -0.1) is 0 Å². The van der Waals surface area contributed by atoms with Gasteiger partial charge in [-0.1, -0.05) is 36.4 Å². The number of aromatic hydroxyl groups is 2. The molecule has 0 radical (unpaired) electrons. The third-order valence-corrected chi connectivity index (χ3v) is 3.17. The highest BCUT2D eigenvalue weighted by molar-refractivity contribution is 5.93. The average Bonchev–Trinajstić information content (AvgIpc) is 2.52. The molecular weight excluding hydrogens is 280 g/mol. The van der Waals surface area contributed by atoms with Crippen LogP contribution in [-0.2, 0) is 16.0 Å². The Kier molecular flexibility index (Phi) is 5.20. The molecule has 2 aromatic rings. The van der Waals surface area contributed by atoms with Gasteiger partial charge in [0, 0.05) is 12.0 Å². The number of hydrogen-bond acceptors (Lipinski definition) is 4. The van der Waals surface area contributed by atoms with Gasteiger partial charge in [-0.05, 0) is 36.3 Å². The molecule has 0 atom stereocenters. The molecule has 2 rings (SSSR count). The lowest BCUT2D eigenvalue weighted by Gasteiger charge is -2.06. The predicted molar refractivity (Wildman–Crippen MR) is 84.5 cm³/mol. The van der Waals surface area contributed by atoms with Crippen LogP contribution in [0.2, 0.25) is 0 Å². The zero-order chi connectivity index (χ0) is 15.9. The molecule has 0 aromatic heterocycles. The van der Waals surface area contributed by atoms with Gasteiger partial charge in [-0.25, -0.2) is 4.79 Å². The van der Waals surface area contributed by atoms with Crippen LogP contribution in [0, 0.1) is 0 Å². The Morgan fingerprint density at radius 1 is 1.09 bits per heavy atom. The van der Waals surface area contributed by atoms with Crippen LogP contribution in [0.3, 0.4) is 0 Å². The van der Waals surface area contributed by atoms with Crippen molar-refractivity contribution in [3.8, 4) is 11.5 Å². The normalized spacial score (nSPS) is 11.2. The first kappa shape index (κ1) is 15.6. The van der Waals surface area contributed by atoms with Gasteiger partial charge in [-0.3, -0.25) is 0 Å². The third-order valence-electron chi connectivity index (χ3n) is 3.17. The minimum absolute atomic E-state index is 0.194. The van der Waals surface area contributed by atoms with E-state index in [1.807, 2.05) is 30.3 Å². The van der Waals surface area contributed by atoms with Crippen LogP contribution in [0.4, 0.5) is 0 Å². The minimum Gasteiger partial charge on any atom is -0.504 e. The van der Waals surface area contributed by atoms with Crippen molar-refractivity contribution in [2.45, 2.75) is 13.3 Å². The molecule has 0 spiro atoms. The van der Waals surface area contributed by atoms with Gasteiger partial charge in [0.15, 0.2) is 11.5 Å². The summed E-state index contributed by atoms with van der Waals surface area (Å²) in [6.45, 7) is 1.96. The van der Waals surface area contributed by atoms with E-state index in [1.165, 1.54) is 12.1 Å². The first-order valence-corrected chi connectivity index (χ1v) is 6.97. The molecule has 0 aliphatic rings. The first-order chi connectivity index (χ1) is 10.6. The van der Waals surface area contributed by atoms with Gasteiger partial charge < -0.3 is 14.9 Å². The number of phenolic OH excluding ortho intramolecular Hbond substituents is 2. The van der Waals surface area contributed by atoms with Crippen molar-refractivity contribution in [1.82, 2.24) is 0 Å². The highest BCUT2D eigenvalue weighted by Crippen LogP contribution is 2.25. The number of carbonyl (C=O) groups excluding carboxylic acids is 1. The second kappa shape index (κ2) is 7.31. The monoisotopic (exact) mass is 298 g/mol. The molecule has 2 aromatic carbocycles. The summed E-state index contributed by atoms with van der Waals surface area (Å²) in [7, 11) is 0. The maximum Gasteiger partial charge on any atom is 0.333 e. The summed E-state index contributed by atoms with van der Waals surface area (Å²) >= 11 is 0. The second-order valence-corrected chi connectivity index (χ2v) is 4.95. The molecule has 0 unspecified atom stereocenters. The molecule has 4 heteroatoms. The van der Waals surface area contributed by atoms with Crippen LogP contribution >= 0.6 is 0 Å². The molecule has 0 saturated carbocycles. The molecule has 0 aliphatic carbocycles. The molecule has 114 valence electrons. The van der Waals surface area contributed by atoms with Crippen LogP contribution in [0.5, 0.6) is 11.5 Å². The van der Waals surface area contributed by atoms with E-state index in [0.29, 0.717) is 24.2 Å². The SMILES string of the molecule is C/C(=C\c1ccc(O)c(O)c1)C(=O)OCCc1ccccc1. The quantitative estimate of drug-likeness (QED) is 0.505. The fraction of sp³-hybridized carbons (Fsp3) is 0.167.